The molecule has 2 aromatic carbocycles. The van der Waals surface area contributed by atoms with Crippen molar-refractivity contribution < 1.29 is 9.59 Å². The number of rotatable bonds is 7. The predicted molar refractivity (Wildman–Crippen MR) is 115 cm³/mol. The van der Waals surface area contributed by atoms with Crippen LogP contribution < -0.4 is 10.6 Å². The highest BCUT2D eigenvalue weighted by Crippen LogP contribution is 2.21. The van der Waals surface area contributed by atoms with E-state index in [1.165, 1.54) is 11.8 Å². The van der Waals surface area contributed by atoms with E-state index in [9.17, 15) is 9.59 Å². The van der Waals surface area contributed by atoms with Gasteiger partial charge in [0, 0.05) is 21.3 Å². The van der Waals surface area contributed by atoms with E-state index >= 15 is 0 Å². The van der Waals surface area contributed by atoms with Crippen LogP contribution in [0.25, 0.3) is 0 Å². The van der Waals surface area contributed by atoms with Gasteiger partial charge in [0.15, 0.2) is 0 Å². The predicted octanol–water partition coefficient (Wildman–Crippen LogP) is 4.08. The zero-order chi connectivity index (χ0) is 20.8. The van der Waals surface area contributed by atoms with E-state index in [1.54, 1.807) is 36.4 Å². The number of nitrogens with one attached hydrogen (secondary N) is 3. The molecule has 0 unspecified atom stereocenters. The third-order valence-electron chi connectivity index (χ3n) is 3.84. The number of aromatic amines is 1. The molecule has 1 heterocycles. The third-order valence-corrected chi connectivity index (χ3v) is 5.17. The van der Waals surface area contributed by atoms with Crippen LogP contribution in [0.3, 0.4) is 0 Å². The normalized spacial score (nSPS) is 10.6. The van der Waals surface area contributed by atoms with Crippen molar-refractivity contribution in [3.8, 4) is 0 Å². The van der Waals surface area contributed by atoms with Crippen LogP contribution in [0.1, 0.15) is 21.7 Å². The Labute approximate surface area is 181 Å². The molecule has 0 aliphatic heterocycles. The number of hydrogen-bond donors (Lipinski definition) is 3. The van der Waals surface area contributed by atoms with Gasteiger partial charge in [-0.05, 0) is 48.9 Å². The second kappa shape index (κ2) is 9.78. The molecule has 0 radical (unpaired) electrons. The zero-order valence-electron chi connectivity index (χ0n) is 15.3. The van der Waals surface area contributed by atoms with Gasteiger partial charge in [0.2, 0.25) is 11.1 Å². The summed E-state index contributed by atoms with van der Waals surface area (Å²) < 4.78 is 0. The molecule has 29 heavy (non-hydrogen) atoms. The van der Waals surface area contributed by atoms with Crippen LogP contribution in [-0.4, -0.2) is 32.7 Å². The monoisotopic (exact) mass is 449 g/mol. The topological polar surface area (TPSA) is 99.8 Å². The van der Waals surface area contributed by atoms with E-state index in [0.717, 1.165) is 5.56 Å². The lowest BCUT2D eigenvalue weighted by atomic mass is 10.2. The van der Waals surface area contributed by atoms with Gasteiger partial charge >= 0.3 is 0 Å². The highest BCUT2D eigenvalue weighted by molar-refractivity contribution is 7.99. The van der Waals surface area contributed by atoms with Crippen LogP contribution in [0.4, 0.5) is 5.69 Å². The SMILES string of the molecule is Cc1ccc(Cl)cc1NC(=O)CSc1n[nH]c(CNC(=O)c2ccc(Cl)cc2)n1. The number of hydrogen-bond acceptors (Lipinski definition) is 5. The molecule has 0 aliphatic carbocycles. The van der Waals surface area contributed by atoms with Crippen LogP contribution in [0.2, 0.25) is 10.0 Å². The minimum absolute atomic E-state index is 0.139. The standard InChI is InChI=1S/C19H17Cl2N5O2S/c1-11-2-5-14(21)8-15(11)23-17(27)10-29-19-24-16(25-26-19)9-22-18(28)12-3-6-13(20)7-4-12/h2-8H,9-10H2,1H3,(H,22,28)(H,23,27)(H,24,25,26). The third kappa shape index (κ3) is 6.22. The second-order valence-electron chi connectivity index (χ2n) is 6.05. The first kappa shape index (κ1) is 21.2. The molecule has 3 rings (SSSR count). The lowest BCUT2D eigenvalue weighted by molar-refractivity contribution is -0.113. The van der Waals surface area contributed by atoms with Crippen molar-refractivity contribution in [3.05, 3.63) is 69.5 Å². The van der Waals surface area contributed by atoms with E-state index < -0.39 is 0 Å². The van der Waals surface area contributed by atoms with Gasteiger partial charge in [-0.1, -0.05) is 41.0 Å². The zero-order valence-corrected chi connectivity index (χ0v) is 17.7. The average Bonchev–Trinajstić information content (AvgIpc) is 3.16. The minimum Gasteiger partial charge on any atom is -0.345 e. The fourth-order valence-electron chi connectivity index (χ4n) is 2.33. The van der Waals surface area contributed by atoms with Gasteiger partial charge in [0.1, 0.15) is 5.82 Å². The minimum atomic E-state index is -0.247. The molecule has 0 fully saturated rings. The van der Waals surface area contributed by atoms with Crippen molar-refractivity contribution in [3.63, 3.8) is 0 Å². The van der Waals surface area contributed by atoms with Crippen molar-refractivity contribution in [1.29, 1.82) is 0 Å². The molecule has 0 saturated carbocycles. The van der Waals surface area contributed by atoms with E-state index in [2.05, 4.69) is 25.8 Å². The number of carbonyl (C=O) groups excluding carboxylic acids is 2. The maximum atomic E-state index is 12.1. The Morgan fingerprint density at radius 2 is 1.83 bits per heavy atom. The summed E-state index contributed by atoms with van der Waals surface area (Å²) in [6.45, 7) is 2.07. The number of benzene rings is 2. The van der Waals surface area contributed by atoms with E-state index in [0.29, 0.717) is 32.3 Å². The fourth-order valence-corrected chi connectivity index (χ4v) is 3.25. The van der Waals surface area contributed by atoms with Gasteiger partial charge in [0.25, 0.3) is 5.91 Å². The van der Waals surface area contributed by atoms with Gasteiger partial charge in [-0.25, -0.2) is 4.98 Å². The largest absolute Gasteiger partial charge is 0.345 e. The van der Waals surface area contributed by atoms with Crippen molar-refractivity contribution in [1.82, 2.24) is 20.5 Å². The van der Waals surface area contributed by atoms with Crippen LogP contribution in [0, 0.1) is 6.92 Å². The van der Waals surface area contributed by atoms with Crippen LogP contribution in [0.15, 0.2) is 47.6 Å². The van der Waals surface area contributed by atoms with Crippen molar-refractivity contribution in [2.24, 2.45) is 0 Å². The fraction of sp³-hybridized carbons (Fsp3) is 0.158. The first-order valence-electron chi connectivity index (χ1n) is 8.54. The number of amides is 2. The molecule has 1 aromatic heterocycles. The number of aromatic nitrogens is 3. The number of carbonyl (C=O) groups is 2. The Hall–Kier alpha value is -2.55. The molecule has 3 N–H and O–H groups in total. The molecule has 0 atom stereocenters. The van der Waals surface area contributed by atoms with Crippen molar-refractivity contribution >= 4 is 52.5 Å². The first-order chi connectivity index (χ1) is 13.9. The first-order valence-corrected chi connectivity index (χ1v) is 10.3. The average molecular weight is 450 g/mol. The summed E-state index contributed by atoms with van der Waals surface area (Å²) in [5.41, 5.74) is 2.09. The summed E-state index contributed by atoms with van der Waals surface area (Å²) in [5.74, 6) is 0.188. The van der Waals surface area contributed by atoms with Crippen molar-refractivity contribution in [2.75, 3.05) is 11.1 Å². The Morgan fingerprint density at radius 3 is 2.59 bits per heavy atom. The Bertz CT molecular complexity index is 1020. The van der Waals surface area contributed by atoms with Crippen LogP contribution >= 0.6 is 35.0 Å². The maximum Gasteiger partial charge on any atom is 0.251 e. The summed E-state index contributed by atoms with van der Waals surface area (Å²) in [7, 11) is 0. The maximum absolute atomic E-state index is 12.1. The number of H-pyrrole nitrogens is 1. The molecule has 3 aromatic rings. The molecule has 0 saturated heterocycles. The van der Waals surface area contributed by atoms with Gasteiger partial charge in [-0.2, -0.15) is 0 Å². The molecular weight excluding hydrogens is 433 g/mol. The summed E-state index contributed by atoms with van der Waals surface area (Å²) >= 11 is 13.0. The molecule has 0 aliphatic rings. The number of aryl methyl sites for hydroxylation is 1. The van der Waals surface area contributed by atoms with Gasteiger partial charge in [-0.3, -0.25) is 14.7 Å². The quantitative estimate of drug-likeness (QED) is 0.471. The number of anilines is 1. The van der Waals surface area contributed by atoms with Crippen LogP contribution in [0.5, 0.6) is 0 Å². The summed E-state index contributed by atoms with van der Waals surface area (Å²) in [4.78, 5) is 28.5. The highest BCUT2D eigenvalue weighted by atomic mass is 35.5. The Kier molecular flexibility index (Phi) is 7.13. The van der Waals surface area contributed by atoms with E-state index in [4.69, 9.17) is 23.2 Å². The Morgan fingerprint density at radius 1 is 1.10 bits per heavy atom. The number of halogens is 2. The smallest absolute Gasteiger partial charge is 0.251 e. The summed E-state index contributed by atoms with van der Waals surface area (Å²) in [6, 6.07) is 11.9. The molecule has 0 bridgehead atoms. The molecule has 7 nitrogen and oxygen atoms in total. The summed E-state index contributed by atoms with van der Waals surface area (Å²) in [6.07, 6.45) is 0. The molecule has 0 spiro atoms. The lowest BCUT2D eigenvalue weighted by Gasteiger charge is -2.07. The van der Waals surface area contributed by atoms with E-state index in [1.807, 2.05) is 13.0 Å². The van der Waals surface area contributed by atoms with Crippen molar-refractivity contribution in [2.45, 2.75) is 18.6 Å². The number of thioether (sulfide) groups is 1. The highest BCUT2D eigenvalue weighted by Gasteiger charge is 2.11. The molecular formula is C19H17Cl2N5O2S. The molecule has 150 valence electrons. The Balaban J connectivity index is 1.47. The second-order valence-corrected chi connectivity index (χ2v) is 7.87. The molecule has 10 heteroatoms. The van der Waals surface area contributed by atoms with Gasteiger partial charge in [-0.15, -0.1) is 5.10 Å². The van der Waals surface area contributed by atoms with E-state index in [-0.39, 0.29) is 24.1 Å². The van der Waals surface area contributed by atoms with Crippen LogP contribution in [-0.2, 0) is 11.3 Å². The number of nitrogens with zero attached hydrogens (tertiary/aromatic N) is 2. The van der Waals surface area contributed by atoms with Gasteiger partial charge in [0.05, 0.1) is 12.3 Å². The van der Waals surface area contributed by atoms with Gasteiger partial charge < -0.3 is 10.6 Å². The molecule has 2 amide bonds. The summed E-state index contributed by atoms with van der Waals surface area (Å²) in [5, 5.41) is 13.9. The lowest BCUT2D eigenvalue weighted by Crippen LogP contribution is -2.23.